The summed E-state index contributed by atoms with van der Waals surface area (Å²) < 4.78 is 1.65. The van der Waals surface area contributed by atoms with Crippen molar-refractivity contribution in [2.45, 2.75) is 27.3 Å². The van der Waals surface area contributed by atoms with Gasteiger partial charge in [-0.05, 0) is 39.0 Å². The van der Waals surface area contributed by atoms with Crippen molar-refractivity contribution in [2.24, 2.45) is 0 Å². The van der Waals surface area contributed by atoms with Crippen LogP contribution in [0.15, 0.2) is 30.3 Å². The predicted molar refractivity (Wildman–Crippen MR) is 76.8 cm³/mol. The van der Waals surface area contributed by atoms with E-state index in [1.165, 1.54) is 6.92 Å². The van der Waals surface area contributed by atoms with E-state index in [-0.39, 0.29) is 18.2 Å². The fourth-order valence-electron chi connectivity index (χ4n) is 1.99. The average Bonchev–Trinajstić information content (AvgIpc) is 2.67. The summed E-state index contributed by atoms with van der Waals surface area (Å²) in [5.41, 5.74) is 3.02. The molecular weight excluding hydrogens is 254 g/mol. The zero-order chi connectivity index (χ0) is 14.7. The standard InChI is InChI=1S/C15H17N3O2/c1-10-7-11(2)18(17-10)9-15(20)16-14-6-4-5-13(8-14)12(3)19/h4-8H,9H2,1-3H3,(H,16,20). The van der Waals surface area contributed by atoms with Gasteiger partial charge >= 0.3 is 0 Å². The lowest BCUT2D eigenvalue weighted by Crippen LogP contribution is -2.20. The van der Waals surface area contributed by atoms with Crippen molar-refractivity contribution in [1.29, 1.82) is 0 Å². The Morgan fingerprint density at radius 3 is 2.60 bits per heavy atom. The van der Waals surface area contributed by atoms with Crippen LogP contribution in [-0.4, -0.2) is 21.5 Å². The normalized spacial score (nSPS) is 10.3. The number of aryl methyl sites for hydroxylation is 2. The van der Waals surface area contributed by atoms with E-state index in [2.05, 4.69) is 10.4 Å². The summed E-state index contributed by atoms with van der Waals surface area (Å²) in [6.45, 7) is 5.45. The highest BCUT2D eigenvalue weighted by molar-refractivity contribution is 5.97. The number of rotatable bonds is 4. The van der Waals surface area contributed by atoms with Crippen LogP contribution >= 0.6 is 0 Å². The molecule has 20 heavy (non-hydrogen) atoms. The van der Waals surface area contributed by atoms with E-state index in [0.29, 0.717) is 11.3 Å². The van der Waals surface area contributed by atoms with Crippen LogP contribution in [0.2, 0.25) is 0 Å². The SMILES string of the molecule is CC(=O)c1cccc(NC(=O)Cn2nc(C)cc2C)c1. The molecule has 0 aliphatic rings. The first-order valence-corrected chi connectivity index (χ1v) is 6.37. The number of nitrogens with one attached hydrogen (secondary N) is 1. The molecule has 0 aliphatic carbocycles. The van der Waals surface area contributed by atoms with Crippen LogP contribution in [0.25, 0.3) is 0 Å². The first-order valence-electron chi connectivity index (χ1n) is 6.37. The molecule has 1 heterocycles. The first kappa shape index (κ1) is 14.0. The van der Waals surface area contributed by atoms with Gasteiger partial charge in [0, 0.05) is 16.9 Å². The Balaban J connectivity index is 2.06. The highest BCUT2D eigenvalue weighted by atomic mass is 16.2. The molecular formula is C15H17N3O2. The smallest absolute Gasteiger partial charge is 0.246 e. The summed E-state index contributed by atoms with van der Waals surface area (Å²) in [6, 6.07) is 8.81. The fourth-order valence-corrected chi connectivity index (χ4v) is 1.99. The summed E-state index contributed by atoms with van der Waals surface area (Å²) in [7, 11) is 0. The van der Waals surface area contributed by atoms with Crippen LogP contribution in [0.1, 0.15) is 28.7 Å². The van der Waals surface area contributed by atoms with Crippen LogP contribution in [0.4, 0.5) is 5.69 Å². The summed E-state index contributed by atoms with van der Waals surface area (Å²) in [6.07, 6.45) is 0. The van der Waals surface area contributed by atoms with Crippen molar-refractivity contribution in [3.63, 3.8) is 0 Å². The summed E-state index contributed by atoms with van der Waals surface area (Å²) in [5, 5.41) is 7.01. The van der Waals surface area contributed by atoms with E-state index >= 15 is 0 Å². The number of hydrogen-bond donors (Lipinski definition) is 1. The number of benzene rings is 1. The Bertz CT molecular complexity index is 659. The Hall–Kier alpha value is -2.43. The minimum Gasteiger partial charge on any atom is -0.324 e. The lowest BCUT2D eigenvalue weighted by atomic mass is 10.1. The van der Waals surface area contributed by atoms with Gasteiger partial charge in [0.1, 0.15) is 6.54 Å². The Kier molecular flexibility index (Phi) is 3.98. The molecule has 0 bridgehead atoms. The third-order valence-electron chi connectivity index (χ3n) is 2.95. The number of carbonyl (C=O) groups excluding carboxylic acids is 2. The molecule has 104 valence electrons. The number of hydrogen-bond acceptors (Lipinski definition) is 3. The molecule has 1 aromatic heterocycles. The van der Waals surface area contributed by atoms with Gasteiger partial charge in [-0.2, -0.15) is 5.10 Å². The number of Topliss-reactive ketones (excluding diaryl/α,β-unsaturated/α-hetero) is 1. The van der Waals surface area contributed by atoms with Gasteiger partial charge in [0.05, 0.1) is 5.69 Å². The van der Waals surface area contributed by atoms with E-state index in [9.17, 15) is 9.59 Å². The molecule has 5 heteroatoms. The second-order valence-electron chi connectivity index (χ2n) is 4.77. The van der Waals surface area contributed by atoms with Crippen LogP contribution in [0.5, 0.6) is 0 Å². The van der Waals surface area contributed by atoms with Crippen LogP contribution < -0.4 is 5.32 Å². The quantitative estimate of drug-likeness (QED) is 0.868. The minimum atomic E-state index is -0.170. The van der Waals surface area contributed by atoms with Gasteiger partial charge in [0.2, 0.25) is 5.91 Å². The van der Waals surface area contributed by atoms with Crippen molar-refractivity contribution in [2.75, 3.05) is 5.32 Å². The van der Waals surface area contributed by atoms with Gasteiger partial charge in [-0.25, -0.2) is 0 Å². The molecule has 2 rings (SSSR count). The Morgan fingerprint density at radius 2 is 2.00 bits per heavy atom. The molecule has 1 amide bonds. The predicted octanol–water partition coefficient (Wildman–Crippen LogP) is 2.34. The molecule has 0 saturated heterocycles. The highest BCUT2D eigenvalue weighted by Gasteiger charge is 2.08. The van der Waals surface area contributed by atoms with E-state index in [1.807, 2.05) is 19.9 Å². The summed E-state index contributed by atoms with van der Waals surface area (Å²) in [5.74, 6) is -0.198. The topological polar surface area (TPSA) is 64.0 Å². The van der Waals surface area contributed by atoms with Gasteiger partial charge in [-0.3, -0.25) is 14.3 Å². The number of anilines is 1. The van der Waals surface area contributed by atoms with Gasteiger partial charge in [-0.15, -0.1) is 0 Å². The Morgan fingerprint density at radius 1 is 1.25 bits per heavy atom. The number of carbonyl (C=O) groups is 2. The lowest BCUT2D eigenvalue weighted by molar-refractivity contribution is -0.116. The van der Waals surface area contributed by atoms with Gasteiger partial charge in [0.15, 0.2) is 5.78 Å². The zero-order valence-electron chi connectivity index (χ0n) is 11.8. The average molecular weight is 271 g/mol. The summed E-state index contributed by atoms with van der Waals surface area (Å²) in [4.78, 5) is 23.3. The first-order chi connectivity index (χ1) is 9.45. The van der Waals surface area contributed by atoms with Crippen LogP contribution in [-0.2, 0) is 11.3 Å². The molecule has 0 radical (unpaired) electrons. The molecule has 0 unspecified atom stereocenters. The van der Waals surface area contributed by atoms with E-state index in [4.69, 9.17) is 0 Å². The van der Waals surface area contributed by atoms with Crippen molar-refractivity contribution in [3.8, 4) is 0 Å². The maximum atomic E-state index is 12.0. The van der Waals surface area contributed by atoms with Gasteiger partial charge < -0.3 is 5.32 Å². The van der Waals surface area contributed by atoms with E-state index < -0.39 is 0 Å². The van der Waals surface area contributed by atoms with Crippen molar-refractivity contribution < 1.29 is 9.59 Å². The van der Waals surface area contributed by atoms with Gasteiger partial charge in [0.25, 0.3) is 0 Å². The fraction of sp³-hybridized carbons (Fsp3) is 0.267. The number of aromatic nitrogens is 2. The second-order valence-corrected chi connectivity index (χ2v) is 4.77. The molecule has 2 aromatic rings. The summed E-state index contributed by atoms with van der Waals surface area (Å²) >= 11 is 0. The van der Waals surface area contributed by atoms with E-state index in [1.54, 1.807) is 28.9 Å². The molecule has 1 N–H and O–H groups in total. The van der Waals surface area contributed by atoms with Gasteiger partial charge in [-0.1, -0.05) is 12.1 Å². The molecule has 0 spiro atoms. The maximum Gasteiger partial charge on any atom is 0.246 e. The van der Waals surface area contributed by atoms with Crippen molar-refractivity contribution in [1.82, 2.24) is 9.78 Å². The molecule has 0 aliphatic heterocycles. The Labute approximate surface area is 117 Å². The molecule has 0 saturated carbocycles. The lowest BCUT2D eigenvalue weighted by Gasteiger charge is -2.07. The highest BCUT2D eigenvalue weighted by Crippen LogP contribution is 2.11. The number of amides is 1. The largest absolute Gasteiger partial charge is 0.324 e. The number of ketones is 1. The van der Waals surface area contributed by atoms with Crippen LogP contribution in [0, 0.1) is 13.8 Å². The van der Waals surface area contributed by atoms with Crippen LogP contribution in [0.3, 0.4) is 0 Å². The van der Waals surface area contributed by atoms with Crippen molar-refractivity contribution in [3.05, 3.63) is 47.3 Å². The monoisotopic (exact) mass is 271 g/mol. The molecule has 0 fully saturated rings. The third kappa shape index (κ3) is 3.32. The maximum absolute atomic E-state index is 12.0. The second kappa shape index (κ2) is 5.69. The van der Waals surface area contributed by atoms with Crippen molar-refractivity contribution >= 4 is 17.4 Å². The zero-order valence-corrected chi connectivity index (χ0v) is 11.8. The molecule has 0 atom stereocenters. The molecule has 1 aromatic carbocycles. The van der Waals surface area contributed by atoms with E-state index in [0.717, 1.165) is 11.4 Å². The molecule has 5 nitrogen and oxygen atoms in total. The number of nitrogens with zero attached hydrogens (tertiary/aromatic N) is 2. The third-order valence-corrected chi connectivity index (χ3v) is 2.95. The minimum absolute atomic E-state index is 0.0281.